The Hall–Kier alpha value is -1.16. The summed E-state index contributed by atoms with van der Waals surface area (Å²) in [5.74, 6) is -0.307. The molecule has 2 saturated heterocycles. The van der Waals surface area contributed by atoms with Crippen molar-refractivity contribution in [3.05, 3.63) is 42.0 Å². The van der Waals surface area contributed by atoms with Crippen molar-refractivity contribution in [2.24, 2.45) is 0 Å². The van der Waals surface area contributed by atoms with E-state index in [0.717, 1.165) is 45.7 Å². The normalized spacial score (nSPS) is 23.4. The van der Waals surface area contributed by atoms with Crippen LogP contribution >= 0.6 is 0 Å². The molecule has 0 unspecified atom stereocenters. The van der Waals surface area contributed by atoms with Crippen LogP contribution in [0.1, 0.15) is 18.4 Å². The predicted octanol–water partition coefficient (Wildman–Crippen LogP) is 2.54. The number of hydrogen-bond acceptors (Lipinski definition) is 3. The van der Waals surface area contributed by atoms with Gasteiger partial charge in [-0.3, -0.25) is 4.90 Å². The van der Waals surface area contributed by atoms with E-state index in [-0.39, 0.29) is 5.79 Å². The minimum Gasteiger partial charge on any atom is -0.346 e. The van der Waals surface area contributed by atoms with Crippen LogP contribution in [0.4, 0.5) is 0 Å². The van der Waals surface area contributed by atoms with Gasteiger partial charge in [0.1, 0.15) is 0 Å². The smallest absolute Gasteiger partial charge is 0.181 e. The molecule has 3 rings (SSSR count). The molecule has 2 heterocycles. The van der Waals surface area contributed by atoms with Gasteiger partial charge in [-0.2, -0.15) is 0 Å². The fourth-order valence-corrected chi connectivity index (χ4v) is 2.86. The highest BCUT2D eigenvalue weighted by Crippen LogP contribution is 2.29. The third-order valence-corrected chi connectivity index (χ3v) is 3.78. The molecular weight excluding hydrogens is 238 g/mol. The van der Waals surface area contributed by atoms with E-state index < -0.39 is 0 Å². The Morgan fingerprint density at radius 2 is 1.95 bits per heavy atom. The zero-order valence-electron chi connectivity index (χ0n) is 11.3. The molecule has 0 radical (unpaired) electrons. The summed E-state index contributed by atoms with van der Waals surface area (Å²) in [5, 5.41) is 0. The summed E-state index contributed by atoms with van der Waals surface area (Å²) in [6.07, 6.45) is 6.59. The minimum atomic E-state index is -0.307. The van der Waals surface area contributed by atoms with Crippen LogP contribution in [-0.2, 0) is 9.47 Å². The largest absolute Gasteiger partial charge is 0.346 e. The van der Waals surface area contributed by atoms with E-state index in [1.165, 1.54) is 5.56 Å². The average molecular weight is 259 g/mol. The number of hydrogen-bond donors (Lipinski definition) is 0. The first-order chi connectivity index (χ1) is 9.36. The quantitative estimate of drug-likeness (QED) is 0.832. The highest BCUT2D eigenvalue weighted by Gasteiger charge is 2.40. The van der Waals surface area contributed by atoms with E-state index in [9.17, 15) is 0 Å². The van der Waals surface area contributed by atoms with Crippen molar-refractivity contribution < 1.29 is 9.47 Å². The molecule has 3 nitrogen and oxygen atoms in total. The number of rotatable bonds is 3. The first kappa shape index (κ1) is 12.9. The Balaban J connectivity index is 1.54. The van der Waals surface area contributed by atoms with Gasteiger partial charge in [0, 0.05) is 13.0 Å². The molecule has 2 fully saturated rings. The average Bonchev–Trinajstić information content (AvgIpc) is 2.88. The number of piperidine rings is 1. The zero-order chi connectivity index (χ0) is 13.0. The Morgan fingerprint density at radius 1 is 1.16 bits per heavy atom. The molecule has 0 amide bonds. The first-order valence-corrected chi connectivity index (χ1v) is 7.08. The van der Waals surface area contributed by atoms with Gasteiger partial charge in [-0.25, -0.2) is 0 Å². The standard InChI is InChI=1S/C16H21NO2/c1-2-6-15(7-3-1)8-4-10-17-11-5-9-16(14-17)18-12-13-19-16/h1-4,6-8H,5,9-14H2/b8-4+. The predicted molar refractivity (Wildman–Crippen MR) is 75.8 cm³/mol. The Kier molecular flexibility index (Phi) is 3.97. The molecule has 0 bridgehead atoms. The van der Waals surface area contributed by atoms with E-state index >= 15 is 0 Å². The third-order valence-electron chi connectivity index (χ3n) is 3.78. The molecule has 1 aromatic rings. The van der Waals surface area contributed by atoms with Gasteiger partial charge in [-0.1, -0.05) is 42.5 Å². The van der Waals surface area contributed by atoms with Crippen LogP contribution in [0.25, 0.3) is 6.08 Å². The van der Waals surface area contributed by atoms with Crippen molar-refractivity contribution in [3.63, 3.8) is 0 Å². The van der Waals surface area contributed by atoms with Gasteiger partial charge >= 0.3 is 0 Å². The summed E-state index contributed by atoms with van der Waals surface area (Å²) in [6, 6.07) is 10.4. The molecule has 0 atom stereocenters. The van der Waals surface area contributed by atoms with Crippen molar-refractivity contribution in [2.45, 2.75) is 18.6 Å². The molecule has 102 valence electrons. The van der Waals surface area contributed by atoms with Gasteiger partial charge in [0.25, 0.3) is 0 Å². The minimum absolute atomic E-state index is 0.307. The molecule has 0 aliphatic carbocycles. The maximum Gasteiger partial charge on any atom is 0.181 e. The topological polar surface area (TPSA) is 21.7 Å². The lowest BCUT2D eigenvalue weighted by Crippen LogP contribution is -2.48. The van der Waals surface area contributed by atoms with Crippen molar-refractivity contribution in [1.82, 2.24) is 4.90 Å². The Bertz CT molecular complexity index is 424. The van der Waals surface area contributed by atoms with E-state index in [0.29, 0.717) is 0 Å². The molecule has 0 saturated carbocycles. The molecular formula is C16H21NO2. The highest BCUT2D eigenvalue weighted by atomic mass is 16.7. The van der Waals surface area contributed by atoms with E-state index in [1.54, 1.807) is 0 Å². The summed E-state index contributed by atoms with van der Waals surface area (Å²) in [7, 11) is 0. The van der Waals surface area contributed by atoms with Crippen LogP contribution < -0.4 is 0 Å². The van der Waals surface area contributed by atoms with Gasteiger partial charge in [0.15, 0.2) is 5.79 Å². The van der Waals surface area contributed by atoms with Gasteiger partial charge < -0.3 is 9.47 Å². The zero-order valence-corrected chi connectivity index (χ0v) is 11.3. The molecule has 19 heavy (non-hydrogen) atoms. The van der Waals surface area contributed by atoms with Crippen LogP contribution in [0.3, 0.4) is 0 Å². The van der Waals surface area contributed by atoms with E-state index in [1.807, 2.05) is 6.07 Å². The van der Waals surface area contributed by atoms with E-state index in [2.05, 4.69) is 41.3 Å². The fraction of sp³-hybridized carbons (Fsp3) is 0.500. The van der Waals surface area contributed by atoms with Gasteiger partial charge in [0.2, 0.25) is 0 Å². The molecule has 3 heteroatoms. The highest BCUT2D eigenvalue weighted by molar-refractivity contribution is 5.48. The molecule has 0 aromatic heterocycles. The van der Waals surface area contributed by atoms with Crippen molar-refractivity contribution in [2.75, 3.05) is 32.8 Å². The number of benzene rings is 1. The van der Waals surface area contributed by atoms with Gasteiger partial charge in [0.05, 0.1) is 19.8 Å². The first-order valence-electron chi connectivity index (χ1n) is 7.08. The Morgan fingerprint density at radius 3 is 2.74 bits per heavy atom. The summed E-state index contributed by atoms with van der Waals surface area (Å²) < 4.78 is 11.6. The van der Waals surface area contributed by atoms with E-state index in [4.69, 9.17) is 9.47 Å². The lowest BCUT2D eigenvalue weighted by molar-refractivity contribution is -0.188. The third kappa shape index (κ3) is 3.24. The second kappa shape index (κ2) is 5.87. The number of likely N-dealkylation sites (tertiary alicyclic amines) is 1. The monoisotopic (exact) mass is 259 g/mol. The number of ether oxygens (including phenoxy) is 2. The second-order valence-electron chi connectivity index (χ2n) is 5.26. The molecule has 0 N–H and O–H groups in total. The molecule has 1 aromatic carbocycles. The maximum absolute atomic E-state index is 5.79. The molecule has 1 spiro atoms. The van der Waals surface area contributed by atoms with Gasteiger partial charge in [-0.05, 0) is 18.5 Å². The Labute approximate surface area is 114 Å². The molecule has 2 aliphatic heterocycles. The summed E-state index contributed by atoms with van der Waals surface area (Å²) in [4.78, 5) is 2.41. The van der Waals surface area contributed by atoms with Crippen LogP contribution in [0.15, 0.2) is 36.4 Å². The van der Waals surface area contributed by atoms with Crippen molar-refractivity contribution in [3.8, 4) is 0 Å². The lowest BCUT2D eigenvalue weighted by Gasteiger charge is -2.38. The van der Waals surface area contributed by atoms with Gasteiger partial charge in [-0.15, -0.1) is 0 Å². The second-order valence-corrected chi connectivity index (χ2v) is 5.26. The van der Waals surface area contributed by atoms with Crippen LogP contribution in [0.2, 0.25) is 0 Å². The van der Waals surface area contributed by atoms with Crippen molar-refractivity contribution in [1.29, 1.82) is 0 Å². The molecule has 2 aliphatic rings. The number of nitrogens with zero attached hydrogens (tertiary/aromatic N) is 1. The van der Waals surface area contributed by atoms with Crippen LogP contribution in [0, 0.1) is 0 Å². The summed E-state index contributed by atoms with van der Waals surface area (Å²) >= 11 is 0. The van der Waals surface area contributed by atoms with Crippen LogP contribution in [0.5, 0.6) is 0 Å². The lowest BCUT2D eigenvalue weighted by atomic mass is 10.0. The fourth-order valence-electron chi connectivity index (χ4n) is 2.86. The maximum atomic E-state index is 5.79. The SMILES string of the molecule is C(=C\c1ccccc1)/CN1CCCC2(C1)OCCO2. The summed E-state index contributed by atoms with van der Waals surface area (Å²) in [6.45, 7) is 4.48. The van der Waals surface area contributed by atoms with Crippen LogP contribution in [-0.4, -0.2) is 43.5 Å². The summed E-state index contributed by atoms with van der Waals surface area (Å²) in [5.41, 5.74) is 1.25. The van der Waals surface area contributed by atoms with Crippen molar-refractivity contribution >= 4 is 6.08 Å².